The predicted octanol–water partition coefficient (Wildman–Crippen LogP) is 10.8. The second kappa shape index (κ2) is 21.7. The standard InChI is InChI=1S/2C27H23.C3H6.2ClH.Ti/c2*1-2-3-9-19-16-20-12-8-15-25(26(20)17-19)27-23-13-6-4-10-21(23)18-22-11-5-7-14-24(22)27;1-3-2;;;/h2*4-8,10-18H,2-3,9H2,1H3;1-3H2;2*1H;/q2*-1;-2;;;+2/p-2. The van der Waals surface area contributed by atoms with Gasteiger partial charge in [-0.05, 0) is 79.2 Å². The zero-order valence-corrected chi connectivity index (χ0v) is 37.9. The van der Waals surface area contributed by atoms with E-state index in [0.717, 1.165) is 6.42 Å². The molecule has 0 aliphatic rings. The minimum absolute atomic E-state index is 0. The van der Waals surface area contributed by atoms with Gasteiger partial charge in [-0.3, -0.25) is 0 Å². The van der Waals surface area contributed by atoms with Crippen LogP contribution in [0.15, 0.2) is 170 Å². The minimum Gasteiger partial charge on any atom is -1.00 e. The maximum Gasteiger partial charge on any atom is 2.00 e. The van der Waals surface area contributed by atoms with Crippen molar-refractivity contribution in [2.75, 3.05) is 0 Å². The van der Waals surface area contributed by atoms with Crippen LogP contribution in [-0.4, -0.2) is 0 Å². The molecule has 10 rings (SSSR count). The summed E-state index contributed by atoms with van der Waals surface area (Å²) in [5.74, 6) is 0. The van der Waals surface area contributed by atoms with Crippen LogP contribution in [0.5, 0.6) is 0 Å². The van der Waals surface area contributed by atoms with Crippen LogP contribution in [0, 0.1) is 13.8 Å². The summed E-state index contributed by atoms with van der Waals surface area (Å²) in [6, 6.07) is 62.8. The van der Waals surface area contributed by atoms with Crippen molar-refractivity contribution in [3.05, 3.63) is 195 Å². The van der Waals surface area contributed by atoms with Crippen molar-refractivity contribution >= 4 is 64.6 Å². The Kier molecular flexibility index (Phi) is 16.8. The van der Waals surface area contributed by atoms with E-state index in [1.54, 1.807) is 0 Å². The summed E-state index contributed by atoms with van der Waals surface area (Å²) >= 11 is 0. The molecule has 0 aliphatic carbocycles. The van der Waals surface area contributed by atoms with Gasteiger partial charge in [0, 0.05) is 0 Å². The van der Waals surface area contributed by atoms with Crippen LogP contribution < -0.4 is 24.8 Å². The normalized spacial score (nSPS) is 10.7. The van der Waals surface area contributed by atoms with Crippen molar-refractivity contribution in [3.63, 3.8) is 0 Å². The molecule has 0 spiro atoms. The van der Waals surface area contributed by atoms with Crippen molar-refractivity contribution in [2.24, 2.45) is 0 Å². The second-order valence-electron chi connectivity index (χ2n) is 15.3. The van der Waals surface area contributed by atoms with E-state index in [0.29, 0.717) is 0 Å². The first kappa shape index (κ1) is 46.4. The molecule has 0 radical (unpaired) electrons. The Labute approximate surface area is 384 Å². The number of hydrogen-bond donors (Lipinski definition) is 0. The fraction of sp³-hybridized carbons (Fsp3) is 0.158. The molecule has 0 aliphatic heterocycles. The van der Waals surface area contributed by atoms with Crippen LogP contribution in [0.3, 0.4) is 0 Å². The fourth-order valence-electron chi connectivity index (χ4n) is 8.69. The number of benzene rings is 8. The smallest absolute Gasteiger partial charge is 1.00 e. The Balaban J connectivity index is 0.000000204. The molecule has 0 heterocycles. The van der Waals surface area contributed by atoms with Gasteiger partial charge in [0.05, 0.1) is 0 Å². The van der Waals surface area contributed by atoms with Crippen LogP contribution in [0.2, 0.25) is 0 Å². The van der Waals surface area contributed by atoms with Gasteiger partial charge in [0.2, 0.25) is 0 Å². The van der Waals surface area contributed by atoms with Gasteiger partial charge in [0.15, 0.2) is 0 Å². The van der Waals surface area contributed by atoms with Crippen LogP contribution in [-0.2, 0) is 34.6 Å². The summed E-state index contributed by atoms with van der Waals surface area (Å²) in [4.78, 5) is 0. The third-order valence-electron chi connectivity index (χ3n) is 11.3. The number of unbranched alkanes of at least 4 members (excludes halogenated alkanes) is 2. The third-order valence-corrected chi connectivity index (χ3v) is 11.3. The van der Waals surface area contributed by atoms with E-state index in [4.69, 9.17) is 0 Å². The summed E-state index contributed by atoms with van der Waals surface area (Å²) in [6.07, 6.45) is 8.07. The number of aryl methyl sites for hydroxylation is 2. The SMILES string of the molecule is CCCCc1cc2c(-c3c4ccccc4cc4ccccc34)cccc2[cH-]1.CCCCc1cc2c(-c3c4ccccc4cc4ccccc34)cccc2[cH-]1.[CH2-]C[CH2-].[Cl-].[Cl-].[Ti+2]. The molecule has 0 unspecified atom stereocenters. The van der Waals surface area contributed by atoms with E-state index in [-0.39, 0.29) is 46.5 Å². The number of halogens is 2. The predicted molar refractivity (Wildman–Crippen MR) is 253 cm³/mol. The van der Waals surface area contributed by atoms with Gasteiger partial charge >= 0.3 is 21.7 Å². The Morgan fingerprint density at radius 1 is 0.400 bits per heavy atom. The molecule has 0 bridgehead atoms. The monoisotopic (exact) mass is 854 g/mol. The van der Waals surface area contributed by atoms with Gasteiger partial charge in [-0.1, -0.05) is 160 Å². The van der Waals surface area contributed by atoms with Crippen molar-refractivity contribution in [1.82, 2.24) is 0 Å². The van der Waals surface area contributed by atoms with Gasteiger partial charge in [-0.25, -0.2) is 0 Å². The van der Waals surface area contributed by atoms with Gasteiger partial charge in [0.1, 0.15) is 0 Å². The number of fused-ring (bicyclic) bond motifs is 6. The molecular weight excluding hydrogens is 803 g/mol. The third kappa shape index (κ3) is 9.60. The van der Waals surface area contributed by atoms with Crippen LogP contribution >= 0.6 is 0 Å². The zero-order valence-electron chi connectivity index (χ0n) is 34.8. The summed E-state index contributed by atoms with van der Waals surface area (Å²) in [6.45, 7) is 11.3. The quantitative estimate of drug-likeness (QED) is 0.0812. The fourth-order valence-corrected chi connectivity index (χ4v) is 8.69. The molecule has 0 N–H and O–H groups in total. The minimum atomic E-state index is 0. The molecule has 10 aromatic rings. The van der Waals surface area contributed by atoms with Crippen molar-refractivity contribution in [3.8, 4) is 22.3 Å². The Hall–Kier alpha value is -4.69. The Morgan fingerprint density at radius 2 is 0.717 bits per heavy atom. The maximum atomic E-state index is 3.38. The van der Waals surface area contributed by atoms with E-state index in [2.05, 4.69) is 198 Å². The van der Waals surface area contributed by atoms with Gasteiger partial charge in [-0.2, -0.15) is 12.1 Å². The second-order valence-corrected chi connectivity index (χ2v) is 15.3. The Morgan fingerprint density at radius 3 is 1.03 bits per heavy atom. The Bertz CT molecular complexity index is 2640. The van der Waals surface area contributed by atoms with E-state index in [1.165, 1.54) is 137 Å². The van der Waals surface area contributed by atoms with E-state index in [1.807, 2.05) is 0 Å². The van der Waals surface area contributed by atoms with Crippen LogP contribution in [0.1, 0.15) is 57.1 Å². The van der Waals surface area contributed by atoms with Gasteiger partial charge in [-0.15, -0.1) is 69.1 Å². The van der Waals surface area contributed by atoms with Crippen LogP contribution in [0.4, 0.5) is 0 Å². The average molecular weight is 856 g/mol. The molecule has 0 nitrogen and oxygen atoms in total. The first-order chi connectivity index (χ1) is 28.1. The molecule has 10 aromatic carbocycles. The van der Waals surface area contributed by atoms with E-state index < -0.39 is 0 Å². The molecule has 60 heavy (non-hydrogen) atoms. The average Bonchev–Trinajstić information content (AvgIpc) is 3.88. The molecule has 0 amide bonds. The molecule has 0 aromatic heterocycles. The van der Waals surface area contributed by atoms with Crippen molar-refractivity contribution in [1.29, 1.82) is 0 Å². The van der Waals surface area contributed by atoms with Crippen LogP contribution in [0.25, 0.3) is 86.9 Å². The first-order valence-electron chi connectivity index (χ1n) is 20.9. The first-order valence-corrected chi connectivity index (χ1v) is 20.9. The largest absolute Gasteiger partial charge is 2.00 e. The molecule has 0 saturated carbocycles. The summed E-state index contributed by atoms with van der Waals surface area (Å²) in [5.41, 5.74) is 8.35. The number of rotatable bonds is 8. The van der Waals surface area contributed by atoms with Gasteiger partial charge < -0.3 is 45.1 Å². The summed E-state index contributed by atoms with van der Waals surface area (Å²) in [7, 11) is 0. The summed E-state index contributed by atoms with van der Waals surface area (Å²) in [5, 5.41) is 16.0. The van der Waals surface area contributed by atoms with Gasteiger partial charge in [0.25, 0.3) is 0 Å². The topological polar surface area (TPSA) is 0 Å². The molecular formula is C57H52Cl2Ti-4. The van der Waals surface area contributed by atoms with E-state index >= 15 is 0 Å². The molecule has 0 saturated heterocycles. The molecule has 3 heteroatoms. The molecule has 302 valence electrons. The van der Waals surface area contributed by atoms with E-state index in [9.17, 15) is 0 Å². The molecule has 0 atom stereocenters. The zero-order chi connectivity index (χ0) is 39.1. The molecule has 0 fully saturated rings. The summed E-state index contributed by atoms with van der Waals surface area (Å²) < 4.78 is 0. The van der Waals surface area contributed by atoms with Crippen molar-refractivity contribution < 1.29 is 46.5 Å². The maximum absolute atomic E-state index is 3.38. The number of hydrogen-bond acceptors (Lipinski definition) is 0. The van der Waals surface area contributed by atoms with Crippen molar-refractivity contribution in [2.45, 2.75) is 58.8 Å².